The normalized spacial score (nSPS) is 16.2. The molecule has 8 heteroatoms. The van der Waals surface area contributed by atoms with Crippen molar-refractivity contribution in [2.75, 3.05) is 23.9 Å². The predicted octanol–water partition coefficient (Wildman–Crippen LogP) is 3.21. The smallest absolute Gasteiger partial charge is 0.273 e. The van der Waals surface area contributed by atoms with Crippen LogP contribution in [0.25, 0.3) is 0 Å². The Balaban J connectivity index is 1.78. The number of anilines is 2. The molecule has 1 N–H and O–H groups in total. The Morgan fingerprint density at radius 1 is 1.21 bits per heavy atom. The minimum atomic E-state index is -0.530. The highest BCUT2D eigenvalue weighted by Crippen LogP contribution is 2.36. The van der Waals surface area contributed by atoms with E-state index < -0.39 is 10.8 Å². The van der Waals surface area contributed by atoms with E-state index in [1.165, 1.54) is 30.2 Å². The number of nitro benzene ring substituents is 1. The lowest BCUT2D eigenvalue weighted by molar-refractivity contribution is -0.384. The van der Waals surface area contributed by atoms with Crippen LogP contribution in [0.4, 0.5) is 17.1 Å². The number of benzene rings is 2. The van der Waals surface area contributed by atoms with E-state index in [1.807, 2.05) is 32.0 Å². The topological polar surface area (TPSA) is 102 Å². The van der Waals surface area contributed by atoms with Crippen LogP contribution in [0.1, 0.15) is 17.5 Å². The molecule has 3 rings (SSSR count). The summed E-state index contributed by atoms with van der Waals surface area (Å²) in [6.07, 6.45) is 0.0662. The number of nitrogens with zero attached hydrogens (tertiary/aromatic N) is 2. The summed E-state index contributed by atoms with van der Waals surface area (Å²) in [5.41, 5.74) is 3.06. The molecule has 2 aromatic carbocycles. The largest absolute Gasteiger partial charge is 0.494 e. The molecule has 0 aliphatic carbocycles. The van der Waals surface area contributed by atoms with Crippen molar-refractivity contribution in [1.82, 2.24) is 0 Å². The van der Waals surface area contributed by atoms with Crippen molar-refractivity contribution in [3.63, 3.8) is 0 Å². The number of carbonyl (C=O) groups excluding carboxylic acids is 2. The fourth-order valence-corrected chi connectivity index (χ4v) is 3.41. The van der Waals surface area contributed by atoms with E-state index in [1.54, 1.807) is 0 Å². The van der Waals surface area contributed by atoms with Crippen LogP contribution in [0.3, 0.4) is 0 Å². The van der Waals surface area contributed by atoms with E-state index in [0.717, 1.165) is 11.1 Å². The van der Waals surface area contributed by atoms with E-state index in [9.17, 15) is 19.7 Å². The minimum absolute atomic E-state index is 0.0662. The minimum Gasteiger partial charge on any atom is -0.494 e. The Morgan fingerprint density at radius 3 is 2.50 bits per heavy atom. The van der Waals surface area contributed by atoms with Crippen LogP contribution in [-0.4, -0.2) is 30.4 Å². The summed E-state index contributed by atoms with van der Waals surface area (Å²) in [4.78, 5) is 37.0. The molecule has 0 bridgehead atoms. The van der Waals surface area contributed by atoms with Gasteiger partial charge in [-0.1, -0.05) is 6.07 Å². The molecule has 0 spiro atoms. The molecule has 146 valence electrons. The van der Waals surface area contributed by atoms with Gasteiger partial charge in [-0.05, 0) is 43.2 Å². The molecule has 0 radical (unpaired) electrons. The molecule has 0 saturated carbocycles. The maximum Gasteiger partial charge on any atom is 0.273 e. The van der Waals surface area contributed by atoms with Gasteiger partial charge in [-0.2, -0.15) is 0 Å². The highest BCUT2D eigenvalue weighted by Gasteiger charge is 2.36. The SMILES string of the molecule is COc1cc([N+](=O)[O-])ccc1N1C[C@H](C(=O)Nc2cc(C)cc(C)c2)CC1=O. The van der Waals surface area contributed by atoms with Crippen molar-refractivity contribution in [3.8, 4) is 5.75 Å². The third-order valence-electron chi connectivity index (χ3n) is 4.65. The Hall–Kier alpha value is -3.42. The second kappa shape index (κ2) is 7.67. The number of carbonyl (C=O) groups is 2. The molecule has 0 unspecified atom stereocenters. The lowest BCUT2D eigenvalue weighted by atomic mass is 10.1. The number of methoxy groups -OCH3 is 1. The van der Waals surface area contributed by atoms with Crippen LogP contribution in [-0.2, 0) is 9.59 Å². The van der Waals surface area contributed by atoms with Crippen LogP contribution < -0.4 is 15.0 Å². The van der Waals surface area contributed by atoms with Gasteiger partial charge in [0.25, 0.3) is 5.69 Å². The Bertz CT molecular complexity index is 937. The maximum absolute atomic E-state index is 12.6. The first-order valence-electron chi connectivity index (χ1n) is 8.80. The van der Waals surface area contributed by atoms with Gasteiger partial charge in [-0.15, -0.1) is 0 Å². The van der Waals surface area contributed by atoms with Gasteiger partial charge in [0.05, 0.1) is 29.7 Å². The zero-order valence-corrected chi connectivity index (χ0v) is 15.9. The van der Waals surface area contributed by atoms with E-state index in [4.69, 9.17) is 4.74 Å². The van der Waals surface area contributed by atoms with Crippen molar-refractivity contribution in [1.29, 1.82) is 0 Å². The number of non-ortho nitro benzene ring substituents is 1. The Morgan fingerprint density at radius 2 is 1.89 bits per heavy atom. The number of hydrogen-bond donors (Lipinski definition) is 1. The molecule has 1 aliphatic heterocycles. The van der Waals surface area contributed by atoms with Gasteiger partial charge in [0.15, 0.2) is 0 Å². The lowest BCUT2D eigenvalue weighted by Gasteiger charge is -2.19. The third-order valence-corrected chi connectivity index (χ3v) is 4.65. The van der Waals surface area contributed by atoms with Gasteiger partial charge < -0.3 is 15.0 Å². The number of nitrogens with one attached hydrogen (secondary N) is 1. The van der Waals surface area contributed by atoms with Gasteiger partial charge in [-0.25, -0.2) is 0 Å². The number of ether oxygens (including phenoxy) is 1. The molecule has 2 amide bonds. The summed E-state index contributed by atoms with van der Waals surface area (Å²) in [5, 5.41) is 13.8. The van der Waals surface area contributed by atoms with E-state index in [2.05, 4.69) is 5.32 Å². The fraction of sp³-hybridized carbons (Fsp3) is 0.300. The average Bonchev–Trinajstić information content (AvgIpc) is 3.02. The predicted molar refractivity (Wildman–Crippen MR) is 105 cm³/mol. The monoisotopic (exact) mass is 383 g/mol. The van der Waals surface area contributed by atoms with Gasteiger partial charge in [-0.3, -0.25) is 19.7 Å². The standard InChI is InChI=1S/C20H21N3O5/c1-12-6-13(2)8-15(7-12)21-20(25)14-9-19(24)22(11-14)17-5-4-16(23(26)27)10-18(17)28-3/h4-8,10,14H,9,11H2,1-3H3,(H,21,25)/t14-/m1/s1. The van der Waals surface area contributed by atoms with Crippen LogP contribution in [0.5, 0.6) is 5.75 Å². The second-order valence-electron chi connectivity index (χ2n) is 6.88. The lowest BCUT2D eigenvalue weighted by Crippen LogP contribution is -2.28. The molecule has 0 aromatic heterocycles. The number of amides is 2. The second-order valence-corrected chi connectivity index (χ2v) is 6.88. The van der Waals surface area contributed by atoms with Crippen molar-refractivity contribution in [2.45, 2.75) is 20.3 Å². The average molecular weight is 383 g/mol. The first-order chi connectivity index (χ1) is 13.3. The zero-order valence-electron chi connectivity index (χ0n) is 15.9. The van der Waals surface area contributed by atoms with Gasteiger partial charge in [0.1, 0.15) is 5.75 Å². The number of hydrogen-bond acceptors (Lipinski definition) is 5. The van der Waals surface area contributed by atoms with E-state index in [0.29, 0.717) is 11.4 Å². The van der Waals surface area contributed by atoms with Crippen molar-refractivity contribution < 1.29 is 19.2 Å². The summed E-state index contributed by atoms with van der Waals surface area (Å²) >= 11 is 0. The molecule has 1 heterocycles. The highest BCUT2D eigenvalue weighted by atomic mass is 16.6. The molecule has 28 heavy (non-hydrogen) atoms. The van der Waals surface area contributed by atoms with Crippen molar-refractivity contribution in [2.24, 2.45) is 5.92 Å². The number of nitro groups is 1. The molecular formula is C20H21N3O5. The van der Waals surface area contributed by atoms with Crippen molar-refractivity contribution in [3.05, 3.63) is 57.6 Å². The molecule has 1 aliphatic rings. The van der Waals surface area contributed by atoms with Crippen LogP contribution in [0.15, 0.2) is 36.4 Å². The first kappa shape index (κ1) is 19.3. The zero-order chi connectivity index (χ0) is 20.4. The van der Waals surface area contributed by atoms with E-state index in [-0.39, 0.29) is 36.2 Å². The Kier molecular flexibility index (Phi) is 5.30. The summed E-state index contributed by atoms with van der Waals surface area (Å²) in [6.45, 7) is 4.08. The van der Waals surface area contributed by atoms with Crippen LogP contribution >= 0.6 is 0 Å². The quantitative estimate of drug-likeness (QED) is 0.631. The number of aryl methyl sites for hydroxylation is 2. The van der Waals surface area contributed by atoms with Crippen LogP contribution in [0, 0.1) is 29.9 Å². The fourth-order valence-electron chi connectivity index (χ4n) is 3.41. The van der Waals surface area contributed by atoms with Crippen LogP contribution in [0.2, 0.25) is 0 Å². The number of rotatable bonds is 5. The highest BCUT2D eigenvalue weighted by molar-refractivity contribution is 6.04. The summed E-state index contributed by atoms with van der Waals surface area (Å²) < 4.78 is 5.22. The van der Waals surface area contributed by atoms with E-state index >= 15 is 0 Å². The Labute approximate surface area is 162 Å². The van der Waals surface area contributed by atoms with Gasteiger partial charge in [0, 0.05) is 24.7 Å². The molecular weight excluding hydrogens is 362 g/mol. The maximum atomic E-state index is 12.6. The third kappa shape index (κ3) is 3.95. The van der Waals surface area contributed by atoms with Gasteiger partial charge in [0.2, 0.25) is 11.8 Å². The van der Waals surface area contributed by atoms with Crippen molar-refractivity contribution >= 4 is 28.9 Å². The van der Waals surface area contributed by atoms with Gasteiger partial charge >= 0.3 is 0 Å². The molecule has 1 atom stereocenters. The molecule has 1 fully saturated rings. The summed E-state index contributed by atoms with van der Waals surface area (Å²) in [6, 6.07) is 9.81. The summed E-state index contributed by atoms with van der Waals surface area (Å²) in [7, 11) is 1.38. The summed E-state index contributed by atoms with van der Waals surface area (Å²) in [5.74, 6) is -0.763. The molecule has 8 nitrogen and oxygen atoms in total. The molecule has 2 aromatic rings. The molecule has 1 saturated heterocycles. The first-order valence-corrected chi connectivity index (χ1v) is 8.80.